The summed E-state index contributed by atoms with van der Waals surface area (Å²) in [5, 5.41) is 0. The average molecular weight is 448 g/mol. The van der Waals surface area contributed by atoms with E-state index in [2.05, 4.69) is 10.9 Å². The lowest BCUT2D eigenvalue weighted by molar-refractivity contribution is 0.0846. The van der Waals surface area contributed by atoms with Gasteiger partial charge in [-0.2, -0.15) is 0 Å². The zero-order valence-corrected chi connectivity index (χ0v) is 18.6. The molecule has 0 fully saturated rings. The van der Waals surface area contributed by atoms with Crippen LogP contribution in [0, 0.1) is 0 Å². The van der Waals surface area contributed by atoms with E-state index in [1.54, 1.807) is 24.3 Å². The number of carbonyl (C=O) groups is 2. The van der Waals surface area contributed by atoms with Crippen LogP contribution in [0.1, 0.15) is 40.1 Å². The van der Waals surface area contributed by atoms with Crippen molar-refractivity contribution in [3.05, 3.63) is 53.1 Å². The molecule has 0 spiro atoms. The summed E-state index contributed by atoms with van der Waals surface area (Å²) in [6, 6.07) is 9.46. The predicted molar refractivity (Wildman–Crippen MR) is 116 cm³/mol. The van der Waals surface area contributed by atoms with E-state index in [4.69, 9.17) is 9.47 Å². The third kappa shape index (κ3) is 5.08. The molecule has 0 atom stereocenters. The third-order valence-electron chi connectivity index (χ3n) is 4.67. The monoisotopic (exact) mass is 447 g/mol. The first-order valence-electron chi connectivity index (χ1n) is 9.66. The van der Waals surface area contributed by atoms with Gasteiger partial charge in [-0.25, -0.2) is 8.42 Å². The molecular formula is C21H25N3O6S. The summed E-state index contributed by atoms with van der Waals surface area (Å²) in [5.74, 6) is -0.117. The molecule has 3 rings (SSSR count). The minimum absolute atomic E-state index is 0.0512. The molecule has 2 aromatic rings. The number of anilines is 1. The second-order valence-electron chi connectivity index (χ2n) is 7.37. The molecule has 2 N–H and O–H groups in total. The van der Waals surface area contributed by atoms with Crippen LogP contribution in [0.5, 0.6) is 11.5 Å². The fourth-order valence-corrected chi connectivity index (χ4v) is 4.23. The van der Waals surface area contributed by atoms with Crippen LogP contribution < -0.4 is 24.6 Å². The highest BCUT2D eigenvalue weighted by Gasteiger charge is 2.26. The summed E-state index contributed by atoms with van der Waals surface area (Å²) in [4.78, 5) is 24.9. The van der Waals surface area contributed by atoms with Crippen LogP contribution >= 0.6 is 0 Å². The summed E-state index contributed by atoms with van der Waals surface area (Å²) >= 11 is 0. The topological polar surface area (TPSA) is 114 Å². The molecule has 31 heavy (non-hydrogen) atoms. The summed E-state index contributed by atoms with van der Waals surface area (Å²) < 4.78 is 35.9. The molecule has 1 aliphatic rings. The van der Waals surface area contributed by atoms with Gasteiger partial charge in [-0.05, 0) is 62.2 Å². The van der Waals surface area contributed by atoms with E-state index in [1.165, 1.54) is 23.5 Å². The zero-order chi connectivity index (χ0) is 22.8. The minimum Gasteiger partial charge on any atom is -0.493 e. The minimum atomic E-state index is -3.36. The number of carbonyl (C=O) groups excluding carboxylic acids is 2. The van der Waals surface area contributed by atoms with Crippen molar-refractivity contribution in [2.45, 2.75) is 26.4 Å². The number of rotatable bonds is 6. The maximum atomic E-state index is 12.5. The Bertz CT molecular complexity index is 1110. The van der Waals surface area contributed by atoms with Crippen molar-refractivity contribution in [2.75, 3.05) is 24.2 Å². The molecule has 166 valence electrons. The van der Waals surface area contributed by atoms with E-state index in [0.717, 1.165) is 11.8 Å². The zero-order valence-electron chi connectivity index (χ0n) is 17.8. The summed E-state index contributed by atoms with van der Waals surface area (Å²) in [6.07, 6.45) is 1.61. The van der Waals surface area contributed by atoms with Crippen molar-refractivity contribution < 1.29 is 27.5 Å². The Labute approximate surface area is 181 Å². The maximum absolute atomic E-state index is 12.5. The molecule has 0 radical (unpaired) electrons. The number of fused-ring (bicyclic) bond motifs is 1. The molecule has 0 saturated carbocycles. The lowest BCUT2D eigenvalue weighted by atomic mass is 10.1. The number of ether oxygens (including phenoxy) is 2. The van der Waals surface area contributed by atoms with Crippen molar-refractivity contribution in [3.8, 4) is 11.5 Å². The highest BCUT2D eigenvalue weighted by Crippen LogP contribution is 2.31. The van der Waals surface area contributed by atoms with Crippen molar-refractivity contribution in [1.82, 2.24) is 10.9 Å². The Kier molecular flexibility index (Phi) is 6.40. The van der Waals surface area contributed by atoms with Gasteiger partial charge in [-0.15, -0.1) is 0 Å². The van der Waals surface area contributed by atoms with Gasteiger partial charge in [0.15, 0.2) is 11.5 Å². The molecule has 0 saturated heterocycles. The fourth-order valence-electron chi connectivity index (χ4n) is 3.28. The number of sulfonamides is 1. The lowest BCUT2D eigenvalue weighted by Gasteiger charge is -2.16. The van der Waals surface area contributed by atoms with Crippen LogP contribution in [0.25, 0.3) is 0 Å². The van der Waals surface area contributed by atoms with E-state index in [0.29, 0.717) is 35.7 Å². The molecular weight excluding hydrogens is 422 g/mol. The molecule has 0 aliphatic carbocycles. The van der Waals surface area contributed by atoms with E-state index in [-0.39, 0.29) is 11.7 Å². The van der Waals surface area contributed by atoms with Gasteiger partial charge in [0.05, 0.1) is 25.2 Å². The molecule has 0 unspecified atom stereocenters. The van der Waals surface area contributed by atoms with Crippen LogP contribution in [0.2, 0.25) is 0 Å². The van der Waals surface area contributed by atoms with Crippen LogP contribution in [-0.2, 0) is 16.4 Å². The maximum Gasteiger partial charge on any atom is 0.269 e. The van der Waals surface area contributed by atoms with Gasteiger partial charge in [-0.3, -0.25) is 24.7 Å². The summed E-state index contributed by atoms with van der Waals surface area (Å²) in [6.45, 7) is 4.11. The molecule has 2 amide bonds. The third-order valence-corrected chi connectivity index (χ3v) is 5.85. The van der Waals surface area contributed by atoms with Crippen molar-refractivity contribution in [2.24, 2.45) is 0 Å². The first-order valence-corrected chi connectivity index (χ1v) is 11.5. The van der Waals surface area contributed by atoms with Crippen LogP contribution in [0.15, 0.2) is 36.4 Å². The highest BCUT2D eigenvalue weighted by atomic mass is 32.2. The SMILES string of the molecule is COc1cc(C(=O)NNC(=O)c2ccc3c(c2)CCN3S(C)(=O)=O)ccc1OC(C)C. The number of amides is 2. The van der Waals surface area contributed by atoms with E-state index < -0.39 is 21.8 Å². The van der Waals surface area contributed by atoms with Crippen LogP contribution in [-0.4, -0.2) is 46.2 Å². The molecule has 9 nitrogen and oxygen atoms in total. The van der Waals surface area contributed by atoms with Crippen LogP contribution in [0.4, 0.5) is 5.69 Å². The molecule has 2 aromatic carbocycles. The smallest absolute Gasteiger partial charge is 0.269 e. The van der Waals surface area contributed by atoms with Gasteiger partial charge < -0.3 is 9.47 Å². The quantitative estimate of drug-likeness (QED) is 0.654. The van der Waals surface area contributed by atoms with Crippen molar-refractivity contribution >= 4 is 27.5 Å². The van der Waals surface area contributed by atoms with Gasteiger partial charge in [0.25, 0.3) is 11.8 Å². The number of hydrazine groups is 1. The van der Waals surface area contributed by atoms with Gasteiger partial charge in [0.1, 0.15) is 0 Å². The number of hydrogen-bond acceptors (Lipinski definition) is 6. The second kappa shape index (κ2) is 8.84. The van der Waals surface area contributed by atoms with Gasteiger partial charge in [0.2, 0.25) is 10.0 Å². The molecule has 0 bridgehead atoms. The fraction of sp³-hybridized carbons (Fsp3) is 0.333. The van der Waals surface area contributed by atoms with E-state index >= 15 is 0 Å². The first-order chi connectivity index (χ1) is 14.6. The summed E-state index contributed by atoms with van der Waals surface area (Å²) in [5.41, 5.74) is 6.66. The predicted octanol–water partition coefficient (Wildman–Crippen LogP) is 1.88. The molecule has 1 heterocycles. The Balaban J connectivity index is 1.67. The largest absolute Gasteiger partial charge is 0.493 e. The normalized spacial score (nSPS) is 13.0. The van der Waals surface area contributed by atoms with Crippen molar-refractivity contribution in [3.63, 3.8) is 0 Å². The summed E-state index contributed by atoms with van der Waals surface area (Å²) in [7, 11) is -1.88. The van der Waals surface area contributed by atoms with Gasteiger partial charge >= 0.3 is 0 Å². The van der Waals surface area contributed by atoms with E-state index in [1.807, 2.05) is 13.8 Å². The van der Waals surface area contributed by atoms with Crippen LogP contribution in [0.3, 0.4) is 0 Å². The van der Waals surface area contributed by atoms with Gasteiger partial charge in [-0.1, -0.05) is 0 Å². The number of hydrogen-bond donors (Lipinski definition) is 2. The molecule has 10 heteroatoms. The van der Waals surface area contributed by atoms with Crippen molar-refractivity contribution in [1.29, 1.82) is 0 Å². The second-order valence-corrected chi connectivity index (χ2v) is 9.28. The number of benzene rings is 2. The Hall–Kier alpha value is -3.27. The number of methoxy groups -OCH3 is 1. The number of nitrogens with one attached hydrogen (secondary N) is 2. The highest BCUT2D eigenvalue weighted by molar-refractivity contribution is 7.92. The molecule has 0 aromatic heterocycles. The average Bonchev–Trinajstić information content (AvgIpc) is 3.15. The lowest BCUT2D eigenvalue weighted by Crippen LogP contribution is -2.41. The first kappa shape index (κ1) is 22.4. The number of nitrogens with zero attached hydrogens (tertiary/aromatic N) is 1. The van der Waals surface area contributed by atoms with Gasteiger partial charge in [0, 0.05) is 17.7 Å². The molecule has 1 aliphatic heterocycles. The Morgan fingerprint density at radius 2 is 1.61 bits per heavy atom. The Morgan fingerprint density at radius 3 is 2.19 bits per heavy atom. The standard InChI is InChI=1S/C21H25N3O6S/c1-13(2)30-18-8-6-16(12-19(18)29-3)21(26)23-22-20(25)15-5-7-17-14(11-15)9-10-24(17)31(4,27)28/h5-8,11-13H,9-10H2,1-4H3,(H,22,25)(H,23,26). The Morgan fingerprint density at radius 1 is 1.00 bits per heavy atom. The van der Waals surface area contributed by atoms with E-state index in [9.17, 15) is 18.0 Å².